The minimum Gasteiger partial charge on any atom is -0.392 e. The number of hydrogen-bond donors (Lipinski definition) is 1. The van der Waals surface area contributed by atoms with E-state index in [-0.39, 0.29) is 17.2 Å². The maximum Gasteiger partial charge on any atom is 0.0901 e. The zero-order valence-corrected chi connectivity index (χ0v) is 11.9. The summed E-state index contributed by atoms with van der Waals surface area (Å²) in [6.07, 6.45) is 0.960. The minimum atomic E-state index is -0.139. The Morgan fingerprint density at radius 1 is 1.31 bits per heavy atom. The number of nitrogens with zero attached hydrogens (tertiary/aromatic N) is 1. The monoisotopic (exact) mass is 244 g/mol. The van der Waals surface area contributed by atoms with Crippen molar-refractivity contribution in [1.29, 1.82) is 0 Å². The van der Waals surface area contributed by atoms with Crippen molar-refractivity contribution in [2.45, 2.75) is 58.3 Å². The molecule has 1 fully saturated rings. The molecular formula is C12H24N2OS. The molecule has 1 atom stereocenters. The first-order chi connectivity index (χ1) is 7.17. The first-order valence-corrected chi connectivity index (χ1v) is 6.31. The van der Waals surface area contributed by atoms with E-state index in [9.17, 15) is 0 Å². The lowest BCUT2D eigenvalue weighted by Gasteiger charge is -2.49. The largest absolute Gasteiger partial charge is 0.392 e. The SMILES string of the molecule is CCC(C(N)=S)N1CC(C)(C)OC(C)(C)C1. The van der Waals surface area contributed by atoms with Crippen molar-refractivity contribution in [2.24, 2.45) is 5.73 Å². The van der Waals surface area contributed by atoms with Crippen LogP contribution in [-0.4, -0.2) is 40.2 Å². The molecule has 1 aliphatic heterocycles. The average molecular weight is 244 g/mol. The van der Waals surface area contributed by atoms with Gasteiger partial charge >= 0.3 is 0 Å². The van der Waals surface area contributed by atoms with Gasteiger partial charge in [-0.2, -0.15) is 0 Å². The van der Waals surface area contributed by atoms with Crippen molar-refractivity contribution in [3.63, 3.8) is 0 Å². The molecule has 0 aliphatic carbocycles. The summed E-state index contributed by atoms with van der Waals surface area (Å²) in [4.78, 5) is 2.95. The molecule has 0 spiro atoms. The Bertz CT molecular complexity index is 260. The lowest BCUT2D eigenvalue weighted by Crippen LogP contribution is -2.61. The van der Waals surface area contributed by atoms with Crippen molar-refractivity contribution in [3.8, 4) is 0 Å². The quantitative estimate of drug-likeness (QED) is 0.770. The smallest absolute Gasteiger partial charge is 0.0901 e. The van der Waals surface area contributed by atoms with E-state index >= 15 is 0 Å². The summed E-state index contributed by atoms with van der Waals surface area (Å²) in [5.41, 5.74) is 5.53. The molecule has 1 aliphatic rings. The van der Waals surface area contributed by atoms with Crippen molar-refractivity contribution >= 4 is 17.2 Å². The number of nitrogens with two attached hydrogens (primary N) is 1. The Morgan fingerprint density at radius 2 is 1.75 bits per heavy atom. The molecular weight excluding hydrogens is 220 g/mol. The van der Waals surface area contributed by atoms with Crippen LogP contribution < -0.4 is 5.73 Å². The molecule has 2 N–H and O–H groups in total. The van der Waals surface area contributed by atoms with Crippen molar-refractivity contribution < 1.29 is 4.74 Å². The Kier molecular flexibility index (Phi) is 3.98. The summed E-state index contributed by atoms with van der Waals surface area (Å²) < 4.78 is 6.04. The van der Waals surface area contributed by atoms with Gasteiger partial charge < -0.3 is 10.5 Å². The molecule has 0 aromatic rings. The number of hydrogen-bond acceptors (Lipinski definition) is 3. The highest BCUT2D eigenvalue weighted by molar-refractivity contribution is 7.80. The molecule has 0 radical (unpaired) electrons. The van der Waals surface area contributed by atoms with Gasteiger partial charge in [-0.15, -0.1) is 0 Å². The number of rotatable bonds is 3. The normalized spacial score (nSPS) is 26.3. The summed E-state index contributed by atoms with van der Waals surface area (Å²) in [6, 6.07) is 0.192. The first-order valence-electron chi connectivity index (χ1n) is 5.90. The van der Waals surface area contributed by atoms with Gasteiger partial charge in [0.2, 0.25) is 0 Å². The van der Waals surface area contributed by atoms with Crippen molar-refractivity contribution in [2.75, 3.05) is 13.1 Å². The lowest BCUT2D eigenvalue weighted by molar-refractivity contribution is -0.183. The molecule has 0 amide bonds. The molecule has 0 aromatic heterocycles. The van der Waals surface area contributed by atoms with Crippen LogP contribution in [0.15, 0.2) is 0 Å². The van der Waals surface area contributed by atoms with E-state index in [1.165, 1.54) is 0 Å². The van der Waals surface area contributed by atoms with Crippen LogP contribution in [0.4, 0.5) is 0 Å². The van der Waals surface area contributed by atoms with Crippen LogP contribution in [0.5, 0.6) is 0 Å². The van der Waals surface area contributed by atoms with E-state index in [0.29, 0.717) is 4.99 Å². The van der Waals surface area contributed by atoms with E-state index in [1.807, 2.05) is 0 Å². The third-order valence-corrected chi connectivity index (χ3v) is 3.15. The zero-order valence-electron chi connectivity index (χ0n) is 11.0. The van der Waals surface area contributed by atoms with E-state index < -0.39 is 0 Å². The second kappa shape index (κ2) is 4.59. The fraction of sp³-hybridized carbons (Fsp3) is 0.917. The molecule has 1 heterocycles. The highest BCUT2D eigenvalue weighted by atomic mass is 32.1. The highest BCUT2D eigenvalue weighted by Crippen LogP contribution is 2.29. The van der Waals surface area contributed by atoms with E-state index in [0.717, 1.165) is 19.5 Å². The third kappa shape index (κ3) is 3.40. The summed E-state index contributed by atoms with van der Waals surface area (Å²) in [6.45, 7) is 12.4. The van der Waals surface area contributed by atoms with Crippen LogP contribution in [0.1, 0.15) is 41.0 Å². The number of ether oxygens (including phenoxy) is 1. The van der Waals surface area contributed by atoms with Gasteiger partial charge in [-0.25, -0.2) is 0 Å². The van der Waals surface area contributed by atoms with Gasteiger partial charge in [0.25, 0.3) is 0 Å². The van der Waals surface area contributed by atoms with Gasteiger partial charge in [-0.3, -0.25) is 4.90 Å². The Hall–Kier alpha value is -0.190. The second-order valence-electron chi connectivity index (χ2n) is 5.85. The van der Waals surface area contributed by atoms with E-state index in [4.69, 9.17) is 22.7 Å². The predicted octanol–water partition coefficient (Wildman–Crippen LogP) is 1.94. The maximum absolute atomic E-state index is 6.04. The lowest BCUT2D eigenvalue weighted by atomic mass is 9.96. The molecule has 4 heteroatoms. The molecule has 1 saturated heterocycles. The van der Waals surface area contributed by atoms with Crippen molar-refractivity contribution in [1.82, 2.24) is 4.90 Å². The fourth-order valence-electron chi connectivity index (χ4n) is 2.71. The van der Waals surface area contributed by atoms with Crippen LogP contribution in [0.3, 0.4) is 0 Å². The first kappa shape index (κ1) is 13.9. The average Bonchev–Trinajstić information content (AvgIpc) is 1.97. The second-order valence-corrected chi connectivity index (χ2v) is 6.32. The Balaban J connectivity index is 2.84. The molecule has 1 rings (SSSR count). The van der Waals surface area contributed by atoms with Crippen LogP contribution >= 0.6 is 12.2 Å². The molecule has 94 valence electrons. The summed E-state index contributed by atoms with van der Waals surface area (Å²) in [5, 5.41) is 0. The van der Waals surface area contributed by atoms with E-state index in [2.05, 4.69) is 39.5 Å². The van der Waals surface area contributed by atoms with Gasteiger partial charge in [0, 0.05) is 13.1 Å². The van der Waals surface area contributed by atoms with Gasteiger partial charge in [0.05, 0.1) is 22.2 Å². The summed E-state index contributed by atoms with van der Waals surface area (Å²) in [7, 11) is 0. The molecule has 0 aromatic carbocycles. The summed E-state index contributed by atoms with van der Waals surface area (Å²) in [5.74, 6) is 0. The van der Waals surface area contributed by atoms with Gasteiger partial charge in [-0.05, 0) is 34.1 Å². The predicted molar refractivity (Wildman–Crippen MR) is 71.7 cm³/mol. The number of morpholine rings is 1. The Morgan fingerprint density at radius 3 is 2.06 bits per heavy atom. The third-order valence-electron chi connectivity index (χ3n) is 2.88. The molecule has 0 saturated carbocycles. The van der Waals surface area contributed by atoms with E-state index in [1.54, 1.807) is 0 Å². The van der Waals surface area contributed by atoms with Gasteiger partial charge in [-0.1, -0.05) is 19.1 Å². The van der Waals surface area contributed by atoms with Gasteiger partial charge in [0.15, 0.2) is 0 Å². The fourth-order valence-corrected chi connectivity index (χ4v) is 3.02. The van der Waals surface area contributed by atoms with Gasteiger partial charge in [0.1, 0.15) is 0 Å². The van der Waals surface area contributed by atoms with Crippen LogP contribution in [0.2, 0.25) is 0 Å². The maximum atomic E-state index is 6.04. The molecule has 1 unspecified atom stereocenters. The minimum absolute atomic E-state index is 0.139. The zero-order chi connectivity index (χ0) is 12.6. The number of thiocarbonyl (C=S) groups is 1. The molecule has 3 nitrogen and oxygen atoms in total. The van der Waals surface area contributed by atoms with Crippen LogP contribution in [-0.2, 0) is 4.74 Å². The standard InChI is InChI=1S/C12H24N2OS/c1-6-9(10(13)16)14-7-11(2,3)15-12(4,5)8-14/h9H,6-8H2,1-5H3,(H2,13,16). The Labute approximate surface area is 104 Å². The molecule has 0 bridgehead atoms. The molecule has 16 heavy (non-hydrogen) atoms. The van der Waals surface area contributed by atoms with Crippen LogP contribution in [0, 0.1) is 0 Å². The topological polar surface area (TPSA) is 38.5 Å². The highest BCUT2D eigenvalue weighted by Gasteiger charge is 2.40. The van der Waals surface area contributed by atoms with Crippen LogP contribution in [0.25, 0.3) is 0 Å². The summed E-state index contributed by atoms with van der Waals surface area (Å²) >= 11 is 5.14. The van der Waals surface area contributed by atoms with Crippen molar-refractivity contribution in [3.05, 3.63) is 0 Å².